The van der Waals surface area contributed by atoms with Crippen molar-refractivity contribution in [1.29, 1.82) is 0 Å². The van der Waals surface area contributed by atoms with Crippen LogP contribution < -0.4 is 16.8 Å². The van der Waals surface area contributed by atoms with Crippen LogP contribution in [0.25, 0.3) is 0 Å². The van der Waals surface area contributed by atoms with E-state index in [0.717, 1.165) is 5.56 Å². The zero-order valence-electron chi connectivity index (χ0n) is 10.9. The first-order valence-corrected chi connectivity index (χ1v) is 6.24. The molecule has 0 aliphatic heterocycles. The predicted octanol–water partition coefficient (Wildman–Crippen LogP) is 1.51. The summed E-state index contributed by atoms with van der Waals surface area (Å²) in [4.78, 5) is 11.3. The minimum atomic E-state index is -0.682. The molecule has 0 saturated heterocycles. The van der Waals surface area contributed by atoms with Gasteiger partial charge in [-0.3, -0.25) is 4.79 Å². The van der Waals surface area contributed by atoms with Gasteiger partial charge in [-0.2, -0.15) is 0 Å². The Morgan fingerprint density at radius 1 is 1.20 bits per heavy atom. The number of hydrogen-bond acceptors (Lipinski definition) is 4. The van der Waals surface area contributed by atoms with Crippen LogP contribution in [0.15, 0.2) is 48.5 Å². The van der Waals surface area contributed by atoms with E-state index in [0.29, 0.717) is 16.9 Å². The number of rotatable bonds is 5. The van der Waals surface area contributed by atoms with E-state index in [1.165, 1.54) is 0 Å². The summed E-state index contributed by atoms with van der Waals surface area (Å²) in [6.45, 7) is 0.258. The van der Waals surface area contributed by atoms with Crippen molar-refractivity contribution in [1.82, 2.24) is 0 Å². The van der Waals surface area contributed by atoms with Crippen molar-refractivity contribution in [2.24, 2.45) is 5.73 Å². The van der Waals surface area contributed by atoms with Gasteiger partial charge in [0.05, 0.1) is 11.7 Å². The molecule has 0 aliphatic carbocycles. The monoisotopic (exact) mass is 271 g/mol. The number of hydrogen-bond donors (Lipinski definition) is 4. The van der Waals surface area contributed by atoms with Gasteiger partial charge in [-0.25, -0.2) is 0 Å². The van der Waals surface area contributed by atoms with E-state index in [1.54, 1.807) is 18.2 Å². The van der Waals surface area contributed by atoms with Crippen LogP contribution in [0.4, 0.5) is 11.4 Å². The molecule has 2 aromatic rings. The number of amides is 1. The van der Waals surface area contributed by atoms with Crippen LogP contribution in [0.3, 0.4) is 0 Å². The number of anilines is 2. The first-order chi connectivity index (χ1) is 9.58. The van der Waals surface area contributed by atoms with Gasteiger partial charge in [0, 0.05) is 17.9 Å². The number of nitrogen functional groups attached to an aromatic ring is 1. The van der Waals surface area contributed by atoms with E-state index in [-0.39, 0.29) is 6.54 Å². The van der Waals surface area contributed by atoms with Gasteiger partial charge in [-0.15, -0.1) is 0 Å². The van der Waals surface area contributed by atoms with Gasteiger partial charge in [-0.05, 0) is 23.8 Å². The van der Waals surface area contributed by atoms with E-state index >= 15 is 0 Å². The van der Waals surface area contributed by atoms with Gasteiger partial charge < -0.3 is 21.9 Å². The molecule has 5 heteroatoms. The van der Waals surface area contributed by atoms with Crippen LogP contribution in [0.2, 0.25) is 0 Å². The lowest BCUT2D eigenvalue weighted by Crippen LogP contribution is -2.17. The van der Waals surface area contributed by atoms with Crippen LogP contribution in [0.5, 0.6) is 0 Å². The summed E-state index contributed by atoms with van der Waals surface area (Å²) < 4.78 is 0. The minimum Gasteiger partial charge on any atom is -0.399 e. The number of nitrogens with two attached hydrogens (primary N) is 2. The molecule has 0 heterocycles. The lowest BCUT2D eigenvalue weighted by molar-refractivity contribution is 0.100. The van der Waals surface area contributed by atoms with E-state index in [9.17, 15) is 9.90 Å². The fraction of sp³-hybridized carbons (Fsp3) is 0.133. The lowest BCUT2D eigenvalue weighted by atomic mass is 10.1. The third-order valence-electron chi connectivity index (χ3n) is 2.98. The Hall–Kier alpha value is -2.53. The average molecular weight is 271 g/mol. The molecular formula is C15H17N3O2. The Morgan fingerprint density at radius 2 is 1.90 bits per heavy atom. The summed E-state index contributed by atoms with van der Waals surface area (Å²) in [6.07, 6.45) is -0.682. The molecule has 5 nitrogen and oxygen atoms in total. The number of aliphatic hydroxyl groups excluding tert-OH is 1. The molecule has 0 aliphatic rings. The first kappa shape index (κ1) is 13.9. The number of nitrogens with one attached hydrogen (secondary N) is 1. The molecular weight excluding hydrogens is 254 g/mol. The molecule has 1 unspecified atom stereocenters. The fourth-order valence-electron chi connectivity index (χ4n) is 1.92. The molecule has 0 fully saturated rings. The highest BCUT2D eigenvalue weighted by molar-refractivity contribution is 5.99. The summed E-state index contributed by atoms with van der Waals surface area (Å²) in [6, 6.07) is 14.1. The zero-order chi connectivity index (χ0) is 14.5. The second-order valence-electron chi connectivity index (χ2n) is 4.48. The highest BCUT2D eigenvalue weighted by Crippen LogP contribution is 2.20. The van der Waals surface area contributed by atoms with Crippen molar-refractivity contribution in [3.63, 3.8) is 0 Å². The summed E-state index contributed by atoms with van der Waals surface area (Å²) in [5.41, 5.74) is 13.2. The molecule has 0 bridgehead atoms. The Bertz CT molecular complexity index is 599. The summed E-state index contributed by atoms with van der Waals surface area (Å²) in [7, 11) is 0. The molecule has 0 spiro atoms. The fourth-order valence-corrected chi connectivity index (χ4v) is 1.92. The van der Waals surface area contributed by atoms with Crippen LogP contribution in [0.1, 0.15) is 22.0 Å². The highest BCUT2D eigenvalue weighted by atomic mass is 16.3. The van der Waals surface area contributed by atoms with E-state index in [1.807, 2.05) is 30.3 Å². The Labute approximate surface area is 117 Å². The van der Waals surface area contributed by atoms with E-state index < -0.39 is 12.0 Å². The first-order valence-electron chi connectivity index (χ1n) is 6.24. The average Bonchev–Trinajstić information content (AvgIpc) is 2.45. The van der Waals surface area contributed by atoms with Crippen molar-refractivity contribution in [2.45, 2.75) is 6.10 Å². The SMILES string of the molecule is NC(=O)c1ccc(N)cc1NCC(O)c1ccccc1. The molecule has 6 N–H and O–H groups in total. The topological polar surface area (TPSA) is 101 Å². The number of carbonyl (C=O) groups excluding carboxylic acids is 1. The van der Waals surface area contributed by atoms with E-state index in [4.69, 9.17) is 11.5 Å². The molecule has 0 radical (unpaired) electrons. The normalized spacial score (nSPS) is 11.8. The van der Waals surface area contributed by atoms with E-state index in [2.05, 4.69) is 5.32 Å². The summed E-state index contributed by atoms with van der Waals surface area (Å²) >= 11 is 0. The molecule has 1 atom stereocenters. The largest absolute Gasteiger partial charge is 0.399 e. The van der Waals surface area contributed by atoms with Gasteiger partial charge in [0.25, 0.3) is 5.91 Å². The molecule has 0 aromatic heterocycles. The Kier molecular flexibility index (Phi) is 4.22. The summed E-state index contributed by atoms with van der Waals surface area (Å²) in [5.74, 6) is -0.540. The minimum absolute atomic E-state index is 0.258. The van der Waals surface area contributed by atoms with Crippen molar-refractivity contribution in [2.75, 3.05) is 17.6 Å². The van der Waals surface area contributed by atoms with Crippen molar-refractivity contribution >= 4 is 17.3 Å². The third-order valence-corrected chi connectivity index (χ3v) is 2.98. The molecule has 1 amide bonds. The van der Waals surface area contributed by atoms with Gasteiger partial charge in [-0.1, -0.05) is 30.3 Å². The standard InChI is InChI=1S/C15H17N3O2/c16-11-6-7-12(15(17)20)13(8-11)18-9-14(19)10-4-2-1-3-5-10/h1-8,14,18-19H,9,16H2,(H2,17,20). The zero-order valence-corrected chi connectivity index (χ0v) is 10.9. The second kappa shape index (κ2) is 6.08. The maximum atomic E-state index is 11.3. The molecule has 2 rings (SSSR count). The predicted molar refractivity (Wildman–Crippen MR) is 79.3 cm³/mol. The molecule has 0 saturated carbocycles. The molecule has 20 heavy (non-hydrogen) atoms. The van der Waals surface area contributed by atoms with Crippen molar-refractivity contribution < 1.29 is 9.90 Å². The molecule has 2 aromatic carbocycles. The van der Waals surface area contributed by atoms with Crippen LogP contribution >= 0.6 is 0 Å². The number of aliphatic hydroxyl groups is 1. The third kappa shape index (κ3) is 3.27. The van der Waals surface area contributed by atoms with Crippen molar-refractivity contribution in [3.05, 3.63) is 59.7 Å². The lowest BCUT2D eigenvalue weighted by Gasteiger charge is -2.15. The second-order valence-corrected chi connectivity index (χ2v) is 4.48. The summed E-state index contributed by atoms with van der Waals surface area (Å²) in [5, 5.41) is 13.1. The van der Waals surface area contributed by atoms with Gasteiger partial charge in [0.15, 0.2) is 0 Å². The number of carbonyl (C=O) groups is 1. The molecule has 104 valence electrons. The Morgan fingerprint density at radius 3 is 2.55 bits per heavy atom. The van der Waals surface area contributed by atoms with Crippen LogP contribution in [-0.4, -0.2) is 17.6 Å². The van der Waals surface area contributed by atoms with Crippen molar-refractivity contribution in [3.8, 4) is 0 Å². The van der Waals surface area contributed by atoms with Gasteiger partial charge in [0.2, 0.25) is 0 Å². The maximum absolute atomic E-state index is 11.3. The van der Waals surface area contributed by atoms with Gasteiger partial charge >= 0.3 is 0 Å². The van der Waals surface area contributed by atoms with Crippen LogP contribution in [-0.2, 0) is 0 Å². The Balaban J connectivity index is 2.11. The van der Waals surface area contributed by atoms with Gasteiger partial charge in [0.1, 0.15) is 0 Å². The number of benzene rings is 2. The highest BCUT2D eigenvalue weighted by Gasteiger charge is 2.11. The quantitative estimate of drug-likeness (QED) is 0.619. The maximum Gasteiger partial charge on any atom is 0.250 e. The number of primary amides is 1. The van der Waals surface area contributed by atoms with Crippen LogP contribution in [0, 0.1) is 0 Å². The smallest absolute Gasteiger partial charge is 0.250 e.